The number of hydrogen-bond acceptors (Lipinski definition) is 7. The van der Waals surface area contributed by atoms with E-state index in [-0.39, 0.29) is 5.02 Å². The van der Waals surface area contributed by atoms with Crippen molar-refractivity contribution in [3.63, 3.8) is 0 Å². The minimum Gasteiger partial charge on any atom is -0.493 e. The van der Waals surface area contributed by atoms with Gasteiger partial charge in [-0.2, -0.15) is 5.10 Å². The molecule has 0 saturated carbocycles. The van der Waals surface area contributed by atoms with Gasteiger partial charge in [-0.1, -0.05) is 35.0 Å². The lowest BCUT2D eigenvalue weighted by atomic mass is 10.1. The Hall–Kier alpha value is -2.29. The zero-order valence-electron chi connectivity index (χ0n) is 15.7. The molecule has 10 heteroatoms. The zero-order chi connectivity index (χ0) is 21.0. The van der Waals surface area contributed by atoms with E-state index in [2.05, 4.69) is 15.2 Å². The topological polar surface area (TPSA) is 64.8 Å². The summed E-state index contributed by atoms with van der Waals surface area (Å²) >= 11 is 13.2. The Bertz CT molecular complexity index is 1000. The summed E-state index contributed by atoms with van der Waals surface area (Å²) in [4.78, 5) is 4.34. The average molecular weight is 456 g/mol. The molecule has 0 bridgehead atoms. The van der Waals surface area contributed by atoms with Crippen molar-refractivity contribution in [2.75, 3.05) is 27.1 Å². The van der Waals surface area contributed by atoms with Gasteiger partial charge < -0.3 is 14.2 Å². The van der Waals surface area contributed by atoms with Crippen molar-refractivity contribution < 1.29 is 18.6 Å². The summed E-state index contributed by atoms with van der Waals surface area (Å²) < 4.78 is 29.7. The molecule has 2 aromatic rings. The normalized spacial score (nSPS) is 13.9. The summed E-state index contributed by atoms with van der Waals surface area (Å²) in [7, 11) is 4.62. The second kappa shape index (κ2) is 9.47. The molecule has 0 aromatic heterocycles. The van der Waals surface area contributed by atoms with Gasteiger partial charge in [0.2, 0.25) is 10.9 Å². The molecule has 1 aliphatic heterocycles. The van der Waals surface area contributed by atoms with E-state index in [0.717, 1.165) is 5.56 Å². The number of benzene rings is 2. The third-order valence-electron chi connectivity index (χ3n) is 3.93. The van der Waals surface area contributed by atoms with E-state index in [1.165, 1.54) is 31.0 Å². The van der Waals surface area contributed by atoms with Crippen LogP contribution < -0.4 is 14.2 Å². The maximum Gasteiger partial charge on any atom is 0.209 e. The summed E-state index contributed by atoms with van der Waals surface area (Å²) in [6, 6.07) is 6.14. The maximum atomic E-state index is 13.7. The summed E-state index contributed by atoms with van der Waals surface area (Å²) in [5.74, 6) is 1.41. The molecule has 1 heterocycles. The second-order valence-corrected chi connectivity index (χ2v) is 7.44. The minimum atomic E-state index is -0.561. The largest absolute Gasteiger partial charge is 0.493 e. The molecule has 0 unspecified atom stereocenters. The third-order valence-corrected chi connectivity index (χ3v) is 5.39. The Labute approximate surface area is 181 Å². The van der Waals surface area contributed by atoms with Crippen LogP contribution in [0.1, 0.15) is 11.1 Å². The van der Waals surface area contributed by atoms with E-state index in [0.29, 0.717) is 44.5 Å². The molecule has 0 spiro atoms. The van der Waals surface area contributed by atoms with E-state index >= 15 is 0 Å². The van der Waals surface area contributed by atoms with E-state index in [1.807, 2.05) is 0 Å². The number of halogens is 3. The van der Waals surface area contributed by atoms with Crippen molar-refractivity contribution in [3.8, 4) is 17.2 Å². The van der Waals surface area contributed by atoms with E-state index in [9.17, 15) is 4.39 Å². The molecule has 29 heavy (non-hydrogen) atoms. The number of nitrogens with zero attached hydrogens (tertiary/aromatic N) is 3. The summed E-state index contributed by atoms with van der Waals surface area (Å²) in [5, 5.41) is 8.94. The van der Waals surface area contributed by atoms with Gasteiger partial charge in [-0.05, 0) is 24.3 Å². The van der Waals surface area contributed by atoms with Crippen LogP contribution >= 0.6 is 35.0 Å². The minimum absolute atomic E-state index is 0.0399. The van der Waals surface area contributed by atoms with Crippen molar-refractivity contribution >= 4 is 52.1 Å². The van der Waals surface area contributed by atoms with Gasteiger partial charge in [-0.25, -0.2) is 9.38 Å². The first kappa shape index (κ1) is 21.4. The number of thioether (sulfide) groups is 1. The Morgan fingerprint density at radius 3 is 2.24 bits per heavy atom. The van der Waals surface area contributed by atoms with Gasteiger partial charge >= 0.3 is 0 Å². The van der Waals surface area contributed by atoms with Crippen LogP contribution in [0.2, 0.25) is 10.0 Å². The van der Waals surface area contributed by atoms with E-state index < -0.39 is 5.82 Å². The monoisotopic (exact) mass is 455 g/mol. The van der Waals surface area contributed by atoms with Gasteiger partial charge in [0.05, 0.1) is 37.1 Å². The van der Waals surface area contributed by atoms with Crippen molar-refractivity contribution in [2.24, 2.45) is 15.2 Å². The quantitative estimate of drug-likeness (QED) is 0.465. The van der Waals surface area contributed by atoms with Gasteiger partial charge in [0.25, 0.3) is 0 Å². The zero-order valence-corrected chi connectivity index (χ0v) is 18.0. The highest BCUT2D eigenvalue weighted by Gasteiger charge is 2.17. The van der Waals surface area contributed by atoms with Crippen LogP contribution in [0.5, 0.6) is 17.2 Å². The molecule has 0 aliphatic carbocycles. The molecular weight excluding hydrogens is 440 g/mol. The summed E-state index contributed by atoms with van der Waals surface area (Å²) in [5.41, 5.74) is 1.74. The highest BCUT2D eigenvalue weighted by atomic mass is 35.5. The molecule has 0 saturated heterocycles. The van der Waals surface area contributed by atoms with Crippen LogP contribution in [-0.4, -0.2) is 44.2 Å². The molecular formula is C19H16Cl2FN3O3S. The number of amidine groups is 1. The lowest BCUT2D eigenvalue weighted by molar-refractivity contribution is 0.324. The smallest absolute Gasteiger partial charge is 0.209 e. The molecule has 0 atom stereocenters. The van der Waals surface area contributed by atoms with Crippen LogP contribution in [0.3, 0.4) is 0 Å². The Morgan fingerprint density at radius 2 is 1.69 bits per heavy atom. The molecule has 3 rings (SSSR count). The first-order valence-corrected chi connectivity index (χ1v) is 9.97. The molecule has 0 N–H and O–H groups in total. The van der Waals surface area contributed by atoms with Crippen LogP contribution in [0.25, 0.3) is 0 Å². The van der Waals surface area contributed by atoms with Crippen LogP contribution in [0.4, 0.5) is 4.39 Å². The lowest BCUT2D eigenvalue weighted by Crippen LogP contribution is -2.11. The molecule has 152 valence electrons. The Morgan fingerprint density at radius 1 is 1.00 bits per heavy atom. The van der Waals surface area contributed by atoms with Crippen molar-refractivity contribution in [3.05, 3.63) is 51.3 Å². The van der Waals surface area contributed by atoms with Gasteiger partial charge in [0.15, 0.2) is 11.5 Å². The fourth-order valence-electron chi connectivity index (χ4n) is 2.54. The number of rotatable bonds is 5. The predicted octanol–water partition coefficient (Wildman–Crippen LogP) is 5.08. The average Bonchev–Trinajstić information content (AvgIpc) is 2.74. The summed E-state index contributed by atoms with van der Waals surface area (Å²) in [6.07, 6.45) is 1.62. The van der Waals surface area contributed by atoms with Crippen LogP contribution in [0, 0.1) is 5.82 Å². The molecule has 0 fully saturated rings. The Kier molecular flexibility index (Phi) is 7.00. The molecule has 1 aliphatic rings. The van der Waals surface area contributed by atoms with E-state index in [1.54, 1.807) is 32.6 Å². The van der Waals surface area contributed by atoms with Crippen molar-refractivity contribution in [1.82, 2.24) is 0 Å². The molecule has 0 radical (unpaired) electrons. The van der Waals surface area contributed by atoms with E-state index in [4.69, 9.17) is 37.4 Å². The highest BCUT2D eigenvalue weighted by molar-refractivity contribution is 8.14. The molecule has 6 nitrogen and oxygen atoms in total. The highest BCUT2D eigenvalue weighted by Crippen LogP contribution is 2.37. The van der Waals surface area contributed by atoms with Gasteiger partial charge in [0, 0.05) is 23.1 Å². The van der Waals surface area contributed by atoms with Crippen LogP contribution in [0.15, 0.2) is 39.5 Å². The van der Waals surface area contributed by atoms with Gasteiger partial charge in [0.1, 0.15) is 5.82 Å². The predicted molar refractivity (Wildman–Crippen MR) is 117 cm³/mol. The third kappa shape index (κ3) is 4.83. The van der Waals surface area contributed by atoms with Crippen LogP contribution in [-0.2, 0) is 0 Å². The molecule has 2 aromatic carbocycles. The second-order valence-electron chi connectivity index (χ2n) is 5.68. The first-order valence-electron chi connectivity index (χ1n) is 8.23. The number of aliphatic imine (C=N–C) groups is 1. The summed E-state index contributed by atoms with van der Waals surface area (Å²) in [6.45, 7) is 0. The number of ether oxygens (including phenoxy) is 3. The van der Waals surface area contributed by atoms with Gasteiger partial charge in [-0.3, -0.25) is 0 Å². The Balaban J connectivity index is 1.84. The lowest BCUT2D eigenvalue weighted by Gasteiger charge is -2.13. The van der Waals surface area contributed by atoms with Crippen molar-refractivity contribution in [1.29, 1.82) is 0 Å². The standard InChI is InChI=1S/C19H16Cl2FN3O3S/c1-26-16-4-10(5-17(27-2)18(16)28-3)8-23-19-25-24-15(9-29-19)11-6-14(22)13(21)7-12(11)20/h4-8H,9H2,1-3H3/b23-8+. The number of methoxy groups -OCH3 is 3. The van der Waals surface area contributed by atoms with Gasteiger partial charge in [-0.15, -0.1) is 5.10 Å². The first-order chi connectivity index (χ1) is 14.0. The fourth-order valence-corrected chi connectivity index (χ4v) is 3.73. The maximum absolute atomic E-state index is 13.7. The number of hydrogen-bond donors (Lipinski definition) is 0. The molecule has 0 amide bonds. The SMILES string of the molecule is COc1cc(/C=N/C2=NN=C(c3cc(F)c(Cl)cc3Cl)CS2)cc(OC)c1OC. The van der Waals surface area contributed by atoms with Crippen molar-refractivity contribution in [2.45, 2.75) is 0 Å². The fraction of sp³-hybridized carbons (Fsp3) is 0.211.